The first kappa shape index (κ1) is 11.1. The zero-order valence-corrected chi connectivity index (χ0v) is 9.17. The summed E-state index contributed by atoms with van der Waals surface area (Å²) in [5.41, 5.74) is 5.95. The smallest absolute Gasteiger partial charge is 0.347 e. The molecule has 0 unspecified atom stereocenters. The SMILES string of the molecule is Nc1[nH]c(=O)nc2sc(CO)c(CCO)c12. The number of H-pyrrole nitrogens is 1. The maximum absolute atomic E-state index is 11.1. The Kier molecular flexibility index (Phi) is 2.90. The first-order valence-electron chi connectivity index (χ1n) is 4.69. The van der Waals surface area contributed by atoms with Crippen molar-refractivity contribution in [3.8, 4) is 0 Å². The van der Waals surface area contributed by atoms with Crippen LogP contribution in [0.4, 0.5) is 5.82 Å². The minimum Gasteiger partial charge on any atom is -0.396 e. The van der Waals surface area contributed by atoms with E-state index in [9.17, 15) is 9.90 Å². The molecule has 7 heteroatoms. The van der Waals surface area contributed by atoms with Crippen molar-refractivity contribution in [1.29, 1.82) is 0 Å². The van der Waals surface area contributed by atoms with E-state index in [0.717, 1.165) is 5.56 Å². The third-order valence-corrected chi connectivity index (χ3v) is 3.40. The van der Waals surface area contributed by atoms with Crippen LogP contribution in [0.3, 0.4) is 0 Å². The highest BCUT2D eigenvalue weighted by molar-refractivity contribution is 7.18. The lowest BCUT2D eigenvalue weighted by Gasteiger charge is -2.01. The van der Waals surface area contributed by atoms with Gasteiger partial charge in [-0.1, -0.05) is 0 Å². The molecule has 2 heterocycles. The van der Waals surface area contributed by atoms with Gasteiger partial charge in [-0.15, -0.1) is 11.3 Å². The highest BCUT2D eigenvalue weighted by Gasteiger charge is 2.15. The summed E-state index contributed by atoms with van der Waals surface area (Å²) in [6, 6.07) is 0. The Morgan fingerprint density at radius 3 is 2.81 bits per heavy atom. The Morgan fingerprint density at radius 2 is 2.19 bits per heavy atom. The van der Waals surface area contributed by atoms with Crippen molar-refractivity contribution < 1.29 is 10.2 Å². The lowest BCUT2D eigenvalue weighted by Crippen LogP contribution is -2.12. The van der Waals surface area contributed by atoms with Gasteiger partial charge in [0.05, 0.1) is 12.0 Å². The fourth-order valence-electron chi connectivity index (χ4n) is 1.66. The van der Waals surface area contributed by atoms with Crippen LogP contribution in [0.1, 0.15) is 10.4 Å². The van der Waals surface area contributed by atoms with Gasteiger partial charge < -0.3 is 15.9 Å². The van der Waals surface area contributed by atoms with E-state index in [1.54, 1.807) is 0 Å². The summed E-state index contributed by atoms with van der Waals surface area (Å²) >= 11 is 1.22. The molecule has 6 nitrogen and oxygen atoms in total. The standard InChI is InChI=1S/C9H11N3O3S/c10-7-6-4(1-2-13)5(3-14)16-8(6)12-9(15)11-7/h13-14H,1-3H2,(H3,10,11,12,15). The first-order chi connectivity index (χ1) is 7.67. The van der Waals surface area contributed by atoms with Gasteiger partial charge in [0.15, 0.2) is 0 Å². The molecule has 0 saturated heterocycles. The van der Waals surface area contributed by atoms with Crippen molar-refractivity contribution in [3.05, 3.63) is 20.9 Å². The Labute approximate surface area is 94.4 Å². The molecular formula is C9H11N3O3S. The molecule has 0 saturated carbocycles. The molecule has 0 radical (unpaired) electrons. The molecule has 2 rings (SSSR count). The van der Waals surface area contributed by atoms with Crippen LogP contribution in [0, 0.1) is 0 Å². The van der Waals surface area contributed by atoms with E-state index in [1.165, 1.54) is 11.3 Å². The average molecular weight is 241 g/mol. The van der Waals surface area contributed by atoms with Gasteiger partial charge in [0.1, 0.15) is 10.6 Å². The molecule has 0 atom stereocenters. The molecular weight excluding hydrogens is 230 g/mol. The van der Waals surface area contributed by atoms with Gasteiger partial charge in [0, 0.05) is 11.5 Å². The van der Waals surface area contributed by atoms with Crippen molar-refractivity contribution in [1.82, 2.24) is 9.97 Å². The Balaban J connectivity index is 2.78. The van der Waals surface area contributed by atoms with E-state index in [-0.39, 0.29) is 19.0 Å². The molecule has 0 aromatic carbocycles. The Hall–Kier alpha value is -1.44. The van der Waals surface area contributed by atoms with Gasteiger partial charge in [-0.25, -0.2) is 4.79 Å². The van der Waals surface area contributed by atoms with Crippen LogP contribution < -0.4 is 11.4 Å². The van der Waals surface area contributed by atoms with Crippen molar-refractivity contribution in [2.24, 2.45) is 0 Å². The van der Waals surface area contributed by atoms with E-state index < -0.39 is 5.69 Å². The van der Waals surface area contributed by atoms with Crippen LogP contribution in [0.15, 0.2) is 4.79 Å². The minimum absolute atomic E-state index is 0.0442. The fraction of sp³-hybridized carbons (Fsp3) is 0.333. The van der Waals surface area contributed by atoms with Crippen molar-refractivity contribution in [2.75, 3.05) is 12.3 Å². The molecule has 2 aromatic heterocycles. The summed E-state index contributed by atoms with van der Waals surface area (Å²) in [6.07, 6.45) is 0.383. The maximum Gasteiger partial charge on any atom is 0.347 e. The zero-order chi connectivity index (χ0) is 11.7. The van der Waals surface area contributed by atoms with E-state index in [4.69, 9.17) is 10.8 Å². The number of fused-ring (bicyclic) bond motifs is 1. The lowest BCUT2D eigenvalue weighted by atomic mass is 10.1. The number of nitrogens with one attached hydrogen (secondary N) is 1. The Bertz CT molecular complexity index is 575. The quantitative estimate of drug-likeness (QED) is 0.584. The predicted molar refractivity (Wildman–Crippen MR) is 61.4 cm³/mol. The number of rotatable bonds is 3. The number of hydrogen-bond acceptors (Lipinski definition) is 6. The van der Waals surface area contributed by atoms with Crippen LogP contribution in [0.25, 0.3) is 10.2 Å². The van der Waals surface area contributed by atoms with Crippen LogP contribution in [0.5, 0.6) is 0 Å². The molecule has 86 valence electrons. The van der Waals surface area contributed by atoms with Crippen LogP contribution in [-0.2, 0) is 13.0 Å². The molecule has 0 spiro atoms. The van der Waals surface area contributed by atoms with Gasteiger partial charge in [-0.3, -0.25) is 4.98 Å². The number of thiophene rings is 1. The number of nitrogens with zero attached hydrogens (tertiary/aromatic N) is 1. The summed E-state index contributed by atoms with van der Waals surface area (Å²) in [5.74, 6) is 0.231. The third kappa shape index (κ3) is 1.69. The molecule has 0 aliphatic heterocycles. The topological polar surface area (TPSA) is 112 Å². The van der Waals surface area contributed by atoms with E-state index in [2.05, 4.69) is 9.97 Å². The molecule has 0 amide bonds. The first-order valence-corrected chi connectivity index (χ1v) is 5.50. The second kappa shape index (κ2) is 4.20. The molecule has 0 aliphatic carbocycles. The lowest BCUT2D eigenvalue weighted by molar-refractivity contribution is 0.280. The third-order valence-electron chi connectivity index (χ3n) is 2.29. The molecule has 2 aromatic rings. The fourth-order valence-corrected chi connectivity index (χ4v) is 2.75. The average Bonchev–Trinajstić information content (AvgIpc) is 2.57. The minimum atomic E-state index is -0.508. The molecule has 0 fully saturated rings. The summed E-state index contributed by atoms with van der Waals surface area (Å²) < 4.78 is 0. The maximum atomic E-state index is 11.1. The number of aliphatic hydroxyl groups excluding tert-OH is 2. The number of aromatic amines is 1. The van der Waals surface area contributed by atoms with E-state index in [1.807, 2.05) is 0 Å². The van der Waals surface area contributed by atoms with Crippen LogP contribution in [0.2, 0.25) is 0 Å². The summed E-state index contributed by atoms with van der Waals surface area (Å²) in [6.45, 7) is -0.193. The van der Waals surface area contributed by atoms with Gasteiger partial charge in [-0.2, -0.15) is 4.98 Å². The van der Waals surface area contributed by atoms with Gasteiger partial charge in [0.2, 0.25) is 0 Å². The molecule has 0 aliphatic rings. The summed E-state index contributed by atoms with van der Waals surface area (Å²) in [7, 11) is 0. The van der Waals surface area contributed by atoms with Crippen LogP contribution >= 0.6 is 11.3 Å². The highest BCUT2D eigenvalue weighted by atomic mass is 32.1. The van der Waals surface area contributed by atoms with Gasteiger partial charge >= 0.3 is 5.69 Å². The number of nitrogens with two attached hydrogens (primary N) is 1. The highest BCUT2D eigenvalue weighted by Crippen LogP contribution is 2.32. The number of aromatic nitrogens is 2. The van der Waals surface area contributed by atoms with E-state index >= 15 is 0 Å². The van der Waals surface area contributed by atoms with Crippen molar-refractivity contribution in [2.45, 2.75) is 13.0 Å². The van der Waals surface area contributed by atoms with Crippen LogP contribution in [-0.4, -0.2) is 26.8 Å². The Morgan fingerprint density at radius 1 is 1.44 bits per heavy atom. The predicted octanol–water partition coefficient (Wildman–Crippen LogP) is -0.406. The van der Waals surface area contributed by atoms with Crippen molar-refractivity contribution in [3.63, 3.8) is 0 Å². The number of hydrogen-bond donors (Lipinski definition) is 4. The number of anilines is 1. The van der Waals surface area contributed by atoms with Gasteiger partial charge in [-0.05, 0) is 12.0 Å². The molecule has 5 N–H and O–H groups in total. The summed E-state index contributed by atoms with van der Waals surface area (Å²) in [4.78, 5) is 18.5. The second-order valence-corrected chi connectivity index (χ2v) is 4.35. The summed E-state index contributed by atoms with van der Waals surface area (Å²) in [5, 5.41) is 18.8. The second-order valence-electron chi connectivity index (χ2n) is 3.27. The molecule has 0 bridgehead atoms. The monoisotopic (exact) mass is 241 g/mol. The number of nitrogen functional groups attached to an aromatic ring is 1. The molecule has 16 heavy (non-hydrogen) atoms. The normalized spacial score (nSPS) is 11.1. The van der Waals surface area contributed by atoms with E-state index in [0.29, 0.717) is 21.5 Å². The van der Waals surface area contributed by atoms with Crippen molar-refractivity contribution >= 4 is 27.4 Å². The number of aliphatic hydroxyl groups is 2. The van der Waals surface area contributed by atoms with Gasteiger partial charge in [0.25, 0.3) is 0 Å². The largest absolute Gasteiger partial charge is 0.396 e. The zero-order valence-electron chi connectivity index (χ0n) is 8.36.